The number of piperazine rings is 1. The van der Waals surface area contributed by atoms with Crippen molar-refractivity contribution >= 4 is 28.7 Å². The molecule has 1 aromatic carbocycles. The van der Waals surface area contributed by atoms with E-state index in [4.69, 9.17) is 9.84 Å². The molecule has 0 spiro atoms. The molecule has 4 rings (SSSR count). The van der Waals surface area contributed by atoms with Gasteiger partial charge in [0.05, 0.1) is 35.8 Å². The number of aromatic nitrogens is 1. The summed E-state index contributed by atoms with van der Waals surface area (Å²) in [5, 5.41) is 9.02. The van der Waals surface area contributed by atoms with Gasteiger partial charge in [-0.25, -0.2) is 9.18 Å². The van der Waals surface area contributed by atoms with E-state index in [0.717, 1.165) is 12.8 Å². The number of carboxylic acid groups (broad SMARTS) is 1. The molecular weight excluding hydrogens is 421 g/mol. The third-order valence-corrected chi connectivity index (χ3v) is 5.86. The second kappa shape index (κ2) is 9.15. The van der Waals surface area contributed by atoms with Crippen LogP contribution >= 0.6 is 0 Å². The second-order valence-electron chi connectivity index (χ2n) is 8.03. The molecule has 2 fully saturated rings. The van der Waals surface area contributed by atoms with Gasteiger partial charge in [-0.2, -0.15) is 0 Å². The van der Waals surface area contributed by atoms with Gasteiger partial charge in [0.2, 0.25) is 5.43 Å². The molecule has 1 saturated carbocycles. The molecule has 172 valence electrons. The Kier molecular flexibility index (Phi) is 6.31. The highest BCUT2D eigenvalue weighted by Crippen LogP contribution is 2.39. The van der Waals surface area contributed by atoms with Gasteiger partial charge < -0.3 is 24.0 Å². The van der Waals surface area contributed by atoms with Crippen LogP contribution < -0.4 is 15.1 Å². The van der Waals surface area contributed by atoms with E-state index in [1.165, 1.54) is 12.3 Å². The zero-order valence-corrected chi connectivity index (χ0v) is 17.9. The Morgan fingerprint density at radius 1 is 1.19 bits per heavy atom. The number of hydrogen-bond donors (Lipinski definition) is 1. The average Bonchev–Trinajstić information content (AvgIpc) is 3.60. The van der Waals surface area contributed by atoms with Gasteiger partial charge in [0.1, 0.15) is 5.82 Å². The number of benzene rings is 1. The minimum Gasteiger partial charge on any atom is -0.466 e. The lowest BCUT2D eigenvalue weighted by Crippen LogP contribution is -2.47. The Morgan fingerprint density at radius 3 is 2.53 bits per heavy atom. The molecular formula is C22H26FN3O6. The van der Waals surface area contributed by atoms with Crippen LogP contribution in [0.2, 0.25) is 0 Å². The molecule has 1 N–H and O–H groups in total. The molecule has 1 aliphatic carbocycles. The van der Waals surface area contributed by atoms with Gasteiger partial charge in [0, 0.05) is 38.8 Å². The van der Waals surface area contributed by atoms with Crippen molar-refractivity contribution in [3.63, 3.8) is 0 Å². The van der Waals surface area contributed by atoms with Gasteiger partial charge in [-0.05, 0) is 31.9 Å². The number of fused-ring (bicyclic) bond motifs is 1. The topological polar surface area (TPSA) is 101 Å². The van der Waals surface area contributed by atoms with Crippen molar-refractivity contribution in [1.29, 1.82) is 0 Å². The largest absolute Gasteiger partial charge is 0.511 e. The first-order valence-electron chi connectivity index (χ1n) is 10.8. The van der Waals surface area contributed by atoms with E-state index < -0.39 is 17.4 Å². The summed E-state index contributed by atoms with van der Waals surface area (Å²) in [5.41, 5.74) is 0.327. The van der Waals surface area contributed by atoms with E-state index in [9.17, 15) is 14.4 Å². The Balaban J connectivity index is 1.56. The molecule has 10 heteroatoms. The van der Waals surface area contributed by atoms with Crippen molar-refractivity contribution in [3.8, 4) is 5.75 Å². The van der Waals surface area contributed by atoms with Crippen LogP contribution in [0, 0.1) is 5.82 Å². The molecule has 1 aliphatic heterocycles. The van der Waals surface area contributed by atoms with Crippen LogP contribution in [-0.2, 0) is 9.53 Å². The first kappa shape index (κ1) is 22.1. The van der Waals surface area contributed by atoms with E-state index >= 15 is 4.39 Å². The monoisotopic (exact) mass is 447 g/mol. The van der Waals surface area contributed by atoms with Crippen molar-refractivity contribution < 1.29 is 28.6 Å². The maximum absolute atomic E-state index is 15.0. The molecule has 2 heterocycles. The van der Waals surface area contributed by atoms with Crippen molar-refractivity contribution in [2.24, 2.45) is 0 Å². The molecule has 9 nitrogen and oxygen atoms in total. The quantitative estimate of drug-likeness (QED) is 0.647. The smallest absolute Gasteiger partial charge is 0.466 e. The lowest BCUT2D eigenvalue weighted by Gasteiger charge is -2.36. The van der Waals surface area contributed by atoms with Crippen LogP contribution in [0.4, 0.5) is 14.9 Å². The van der Waals surface area contributed by atoms with Crippen LogP contribution in [0.1, 0.15) is 32.2 Å². The summed E-state index contributed by atoms with van der Waals surface area (Å²) < 4.78 is 26.5. The summed E-state index contributed by atoms with van der Waals surface area (Å²) in [6.07, 6.45) is 1.95. The number of halogens is 1. The molecule has 2 aliphatic rings. The zero-order valence-electron chi connectivity index (χ0n) is 17.9. The number of ether oxygens (including phenoxy) is 2. The summed E-state index contributed by atoms with van der Waals surface area (Å²) in [6.45, 7) is 5.26. The Morgan fingerprint density at radius 2 is 1.91 bits per heavy atom. The summed E-state index contributed by atoms with van der Waals surface area (Å²) >= 11 is 0. The first-order chi connectivity index (χ1) is 15.4. The maximum Gasteiger partial charge on any atom is 0.511 e. The number of hydrogen-bond acceptors (Lipinski definition) is 7. The third-order valence-electron chi connectivity index (χ3n) is 5.86. The minimum atomic E-state index is -1.58. The minimum absolute atomic E-state index is 0.102. The Hall–Kier alpha value is -3.14. The van der Waals surface area contributed by atoms with Crippen LogP contribution in [0.3, 0.4) is 0 Å². The van der Waals surface area contributed by atoms with Crippen molar-refractivity contribution in [1.82, 2.24) is 9.47 Å². The van der Waals surface area contributed by atoms with Crippen molar-refractivity contribution in [2.75, 3.05) is 44.2 Å². The molecule has 1 aromatic heterocycles. The van der Waals surface area contributed by atoms with Gasteiger partial charge in [-0.3, -0.25) is 14.5 Å². The Bertz CT molecular complexity index is 1090. The van der Waals surface area contributed by atoms with Gasteiger partial charge in [-0.15, -0.1) is 0 Å². The highest BCUT2D eigenvalue weighted by molar-refractivity contribution is 5.85. The molecule has 0 amide bonds. The summed E-state index contributed by atoms with van der Waals surface area (Å²) in [4.78, 5) is 39.3. The van der Waals surface area contributed by atoms with E-state index in [2.05, 4.69) is 9.64 Å². The molecule has 0 bridgehead atoms. The third kappa shape index (κ3) is 4.69. The molecule has 0 radical (unpaired) electrons. The number of pyridine rings is 1. The standard InChI is InChI=1S/C22H26FN3O6/c1-2-31-20(27)5-6-24-7-9-25(10-8-24)18-12-17-15(11-16(18)23)21(28)19(32-22(29)30)13-26(17)14-3-4-14/h11-14H,2-10H2,1H3,(H,29,30). The highest BCUT2D eigenvalue weighted by Gasteiger charge is 2.28. The van der Waals surface area contributed by atoms with E-state index in [-0.39, 0.29) is 23.1 Å². The number of carbonyl (C=O) groups is 2. The Labute approximate surface area is 183 Å². The van der Waals surface area contributed by atoms with Crippen molar-refractivity contribution in [3.05, 3.63) is 34.4 Å². The fourth-order valence-electron chi connectivity index (χ4n) is 4.09. The predicted molar refractivity (Wildman–Crippen MR) is 115 cm³/mol. The number of anilines is 1. The van der Waals surface area contributed by atoms with Gasteiger partial charge in [-0.1, -0.05) is 0 Å². The van der Waals surface area contributed by atoms with Gasteiger partial charge >= 0.3 is 12.1 Å². The fourth-order valence-corrected chi connectivity index (χ4v) is 4.09. The fraction of sp³-hybridized carbons (Fsp3) is 0.500. The van der Waals surface area contributed by atoms with E-state index in [0.29, 0.717) is 57.0 Å². The number of esters is 1. The highest BCUT2D eigenvalue weighted by atomic mass is 19.1. The number of rotatable bonds is 7. The second-order valence-corrected chi connectivity index (χ2v) is 8.03. The van der Waals surface area contributed by atoms with E-state index in [1.54, 1.807) is 13.0 Å². The van der Waals surface area contributed by atoms with Crippen LogP contribution in [0.15, 0.2) is 23.1 Å². The SMILES string of the molecule is CCOC(=O)CCN1CCN(c2cc3c(cc2F)c(=O)c(OC(=O)O)cn3C2CC2)CC1. The summed E-state index contributed by atoms with van der Waals surface area (Å²) in [5.74, 6) is -1.08. The maximum atomic E-state index is 15.0. The summed E-state index contributed by atoms with van der Waals surface area (Å²) in [6, 6.07) is 2.98. The lowest BCUT2D eigenvalue weighted by atomic mass is 10.1. The molecule has 32 heavy (non-hydrogen) atoms. The lowest BCUT2D eigenvalue weighted by molar-refractivity contribution is -0.143. The molecule has 2 aromatic rings. The van der Waals surface area contributed by atoms with Crippen LogP contribution in [-0.4, -0.2) is 66.0 Å². The molecule has 0 unspecified atom stereocenters. The van der Waals surface area contributed by atoms with Gasteiger partial charge in [0.15, 0.2) is 5.75 Å². The predicted octanol–water partition coefficient (Wildman–Crippen LogP) is 2.61. The normalized spacial score (nSPS) is 16.9. The average molecular weight is 447 g/mol. The van der Waals surface area contributed by atoms with Gasteiger partial charge in [0.25, 0.3) is 0 Å². The van der Waals surface area contributed by atoms with Crippen LogP contribution in [0.25, 0.3) is 10.9 Å². The molecule has 1 saturated heterocycles. The first-order valence-corrected chi connectivity index (χ1v) is 10.8. The van der Waals surface area contributed by atoms with Crippen molar-refractivity contribution in [2.45, 2.75) is 32.2 Å². The number of nitrogens with zero attached hydrogens (tertiary/aromatic N) is 3. The van der Waals surface area contributed by atoms with Crippen LogP contribution in [0.5, 0.6) is 5.75 Å². The number of carbonyl (C=O) groups excluding carboxylic acids is 1. The zero-order chi connectivity index (χ0) is 22.8. The van der Waals surface area contributed by atoms with E-state index in [1.807, 2.05) is 9.47 Å². The summed E-state index contributed by atoms with van der Waals surface area (Å²) in [7, 11) is 0. The molecule has 0 atom stereocenters.